The van der Waals surface area contributed by atoms with Crippen LogP contribution in [0.2, 0.25) is 0 Å². The fraction of sp³-hybridized carbons (Fsp3) is 0.455. The van der Waals surface area contributed by atoms with Gasteiger partial charge in [0.25, 0.3) is 0 Å². The van der Waals surface area contributed by atoms with Gasteiger partial charge in [-0.15, -0.1) is 0 Å². The summed E-state index contributed by atoms with van der Waals surface area (Å²) in [5.41, 5.74) is 1.30. The molecule has 1 aliphatic rings. The van der Waals surface area contributed by atoms with E-state index in [0.717, 1.165) is 0 Å². The van der Waals surface area contributed by atoms with E-state index in [1.54, 1.807) is 12.3 Å². The topological polar surface area (TPSA) is 97.9 Å². The van der Waals surface area contributed by atoms with Crippen molar-refractivity contribution in [2.75, 3.05) is 0 Å². The molecule has 17 heavy (non-hydrogen) atoms. The summed E-state index contributed by atoms with van der Waals surface area (Å²) in [4.78, 5) is 7.09. The number of fused-ring (bicyclic) bond motifs is 1. The van der Waals surface area contributed by atoms with Gasteiger partial charge in [0, 0.05) is 6.20 Å². The molecule has 3 unspecified atom stereocenters. The molecular weight excluding hydrogens is 220 g/mol. The number of H-pyrrole nitrogens is 1. The number of imidazole rings is 1. The van der Waals surface area contributed by atoms with Crippen molar-refractivity contribution in [3.05, 3.63) is 23.9 Å². The summed E-state index contributed by atoms with van der Waals surface area (Å²) in [5.74, 6) is 0. The maximum absolute atomic E-state index is 9.92. The Morgan fingerprint density at radius 2 is 2.24 bits per heavy atom. The molecule has 0 bridgehead atoms. The lowest BCUT2D eigenvalue weighted by Crippen LogP contribution is -2.28. The second-order valence-corrected chi connectivity index (χ2v) is 4.44. The first-order chi connectivity index (χ1) is 8.18. The van der Waals surface area contributed by atoms with Gasteiger partial charge < -0.3 is 19.8 Å². The number of nitrogens with one attached hydrogen (secondary N) is 2. The Morgan fingerprint density at radius 3 is 2.94 bits per heavy atom. The molecule has 2 aromatic heterocycles. The Morgan fingerprint density at radius 1 is 1.41 bits per heavy atom. The number of aliphatic hydroxyl groups is 2. The maximum Gasteiger partial charge on any atom is 0.160 e. The SMILES string of the molecule is N=c1ccn(C2CCC(O)C2O)c2nc[nH]c12. The van der Waals surface area contributed by atoms with Crippen LogP contribution in [-0.2, 0) is 0 Å². The largest absolute Gasteiger partial charge is 0.390 e. The highest BCUT2D eigenvalue weighted by Gasteiger charge is 2.35. The van der Waals surface area contributed by atoms with E-state index < -0.39 is 12.2 Å². The Hall–Kier alpha value is -1.66. The molecule has 0 saturated heterocycles. The highest BCUT2D eigenvalue weighted by atomic mass is 16.3. The Balaban J connectivity index is 2.15. The zero-order valence-corrected chi connectivity index (χ0v) is 9.17. The summed E-state index contributed by atoms with van der Waals surface area (Å²) in [6.45, 7) is 0. The number of aromatic amines is 1. The summed E-state index contributed by atoms with van der Waals surface area (Å²) in [5, 5.41) is 27.6. The average molecular weight is 234 g/mol. The fourth-order valence-electron chi connectivity index (χ4n) is 2.50. The third-order valence-corrected chi connectivity index (χ3v) is 3.44. The molecule has 4 N–H and O–H groups in total. The molecule has 1 saturated carbocycles. The molecule has 2 heterocycles. The monoisotopic (exact) mass is 234 g/mol. The van der Waals surface area contributed by atoms with Gasteiger partial charge in [0.2, 0.25) is 0 Å². The van der Waals surface area contributed by atoms with Crippen molar-refractivity contribution in [2.45, 2.75) is 31.1 Å². The molecule has 2 aromatic rings. The number of hydrogen-bond donors (Lipinski definition) is 4. The quantitative estimate of drug-likeness (QED) is 0.554. The van der Waals surface area contributed by atoms with E-state index in [2.05, 4.69) is 9.97 Å². The minimum Gasteiger partial charge on any atom is -0.390 e. The van der Waals surface area contributed by atoms with E-state index in [-0.39, 0.29) is 6.04 Å². The molecular formula is C11H14N4O2. The van der Waals surface area contributed by atoms with Crippen LogP contribution in [0.1, 0.15) is 18.9 Å². The van der Waals surface area contributed by atoms with E-state index in [9.17, 15) is 10.2 Å². The van der Waals surface area contributed by atoms with Crippen molar-refractivity contribution in [2.24, 2.45) is 0 Å². The molecule has 1 fully saturated rings. The van der Waals surface area contributed by atoms with Gasteiger partial charge >= 0.3 is 0 Å². The second-order valence-electron chi connectivity index (χ2n) is 4.44. The van der Waals surface area contributed by atoms with Crippen LogP contribution >= 0.6 is 0 Å². The van der Waals surface area contributed by atoms with Crippen molar-refractivity contribution < 1.29 is 10.2 Å². The first kappa shape index (κ1) is 10.5. The summed E-state index contributed by atoms with van der Waals surface area (Å²) in [6, 6.07) is 1.49. The predicted octanol–water partition coefficient (Wildman–Crippen LogP) is -0.0994. The smallest absolute Gasteiger partial charge is 0.160 e. The minimum absolute atomic E-state index is 0.170. The predicted molar refractivity (Wildman–Crippen MR) is 60.2 cm³/mol. The standard InChI is InChI=1S/C11H14N4O2/c12-6-3-4-15(11-9(6)13-5-14-11)7-1-2-8(16)10(7)17/h3-5,7-8,10,12,16-17H,1-2H2,(H,13,14). The van der Waals surface area contributed by atoms with Gasteiger partial charge in [0.05, 0.1) is 23.8 Å². The number of aliphatic hydroxyl groups excluding tert-OH is 2. The van der Waals surface area contributed by atoms with Crippen LogP contribution in [0.5, 0.6) is 0 Å². The lowest BCUT2D eigenvalue weighted by molar-refractivity contribution is 0.0241. The van der Waals surface area contributed by atoms with E-state index in [4.69, 9.17) is 5.41 Å². The zero-order chi connectivity index (χ0) is 12.0. The minimum atomic E-state index is -0.767. The summed E-state index contributed by atoms with van der Waals surface area (Å²) >= 11 is 0. The Bertz CT molecular complexity index is 603. The number of pyridine rings is 1. The lowest BCUT2D eigenvalue weighted by atomic mass is 10.2. The highest BCUT2D eigenvalue weighted by Crippen LogP contribution is 2.31. The summed E-state index contributed by atoms with van der Waals surface area (Å²) in [6.07, 6.45) is 3.15. The molecule has 3 atom stereocenters. The zero-order valence-electron chi connectivity index (χ0n) is 9.17. The first-order valence-electron chi connectivity index (χ1n) is 5.63. The van der Waals surface area contributed by atoms with Crippen molar-refractivity contribution in [1.29, 1.82) is 5.41 Å². The number of nitrogens with zero attached hydrogens (tertiary/aromatic N) is 2. The van der Waals surface area contributed by atoms with Crippen LogP contribution in [0, 0.1) is 5.41 Å². The highest BCUT2D eigenvalue weighted by molar-refractivity contribution is 5.69. The van der Waals surface area contributed by atoms with Crippen LogP contribution in [0.3, 0.4) is 0 Å². The van der Waals surface area contributed by atoms with Crippen molar-refractivity contribution >= 4 is 11.2 Å². The molecule has 3 rings (SSSR count). The molecule has 0 amide bonds. The molecule has 6 nitrogen and oxygen atoms in total. The molecule has 0 aliphatic heterocycles. The van der Waals surface area contributed by atoms with E-state index in [1.165, 1.54) is 6.33 Å². The van der Waals surface area contributed by atoms with Gasteiger partial charge in [-0.3, -0.25) is 5.41 Å². The summed E-state index contributed by atoms with van der Waals surface area (Å²) < 4.78 is 1.84. The molecule has 0 spiro atoms. The van der Waals surface area contributed by atoms with Gasteiger partial charge in [0.1, 0.15) is 11.6 Å². The molecule has 1 aliphatic carbocycles. The van der Waals surface area contributed by atoms with Crippen LogP contribution in [0.15, 0.2) is 18.6 Å². The van der Waals surface area contributed by atoms with Crippen molar-refractivity contribution in [3.8, 4) is 0 Å². The average Bonchev–Trinajstić information content (AvgIpc) is 2.91. The fourth-order valence-corrected chi connectivity index (χ4v) is 2.50. The van der Waals surface area contributed by atoms with E-state index in [1.807, 2.05) is 4.57 Å². The van der Waals surface area contributed by atoms with Crippen LogP contribution in [0.25, 0.3) is 11.2 Å². The lowest BCUT2D eigenvalue weighted by Gasteiger charge is -2.20. The Kier molecular flexibility index (Phi) is 2.27. The number of aromatic nitrogens is 3. The first-order valence-corrected chi connectivity index (χ1v) is 5.63. The Labute approximate surface area is 97.1 Å². The van der Waals surface area contributed by atoms with Crippen molar-refractivity contribution in [1.82, 2.24) is 14.5 Å². The van der Waals surface area contributed by atoms with Gasteiger partial charge in [0.15, 0.2) is 5.65 Å². The third kappa shape index (κ3) is 1.49. The normalized spacial score (nSPS) is 28.9. The molecule has 90 valence electrons. The van der Waals surface area contributed by atoms with Crippen LogP contribution in [0.4, 0.5) is 0 Å². The van der Waals surface area contributed by atoms with Gasteiger partial charge in [-0.1, -0.05) is 0 Å². The van der Waals surface area contributed by atoms with Gasteiger partial charge in [-0.25, -0.2) is 4.98 Å². The molecule has 0 radical (unpaired) electrons. The molecule has 6 heteroatoms. The number of rotatable bonds is 1. The van der Waals surface area contributed by atoms with Crippen LogP contribution in [-0.4, -0.2) is 37.0 Å². The van der Waals surface area contributed by atoms with E-state index >= 15 is 0 Å². The van der Waals surface area contributed by atoms with E-state index in [0.29, 0.717) is 29.4 Å². The third-order valence-electron chi connectivity index (χ3n) is 3.44. The summed E-state index contributed by atoms with van der Waals surface area (Å²) in [7, 11) is 0. The molecule has 0 aromatic carbocycles. The van der Waals surface area contributed by atoms with Gasteiger partial charge in [-0.05, 0) is 18.9 Å². The van der Waals surface area contributed by atoms with Gasteiger partial charge in [-0.2, -0.15) is 0 Å². The maximum atomic E-state index is 9.92. The van der Waals surface area contributed by atoms with Crippen LogP contribution < -0.4 is 5.36 Å². The number of hydrogen-bond acceptors (Lipinski definition) is 4. The van der Waals surface area contributed by atoms with Crippen molar-refractivity contribution in [3.63, 3.8) is 0 Å². The second kappa shape index (κ2) is 3.68.